The van der Waals surface area contributed by atoms with Gasteiger partial charge in [-0.2, -0.15) is 10.2 Å². The van der Waals surface area contributed by atoms with E-state index in [4.69, 9.17) is 0 Å². The van der Waals surface area contributed by atoms with Crippen molar-refractivity contribution in [1.29, 1.82) is 0 Å². The van der Waals surface area contributed by atoms with Gasteiger partial charge in [0.1, 0.15) is 0 Å². The molecule has 0 heterocycles. The van der Waals surface area contributed by atoms with Crippen LogP contribution in [0.25, 0.3) is 0 Å². The zero-order valence-corrected chi connectivity index (χ0v) is 13.1. The Morgan fingerprint density at radius 3 is 1.41 bits per heavy atom. The standard InChI is InChI=1S/C18H22N4/c1-15(19-21-17-9-5-3-6-10-17)13-14-16(2)20-22-18-11-7-4-8-12-18/h3-12,21-22H,13-14H2,1-2H3/b19-15-,20-16+. The quantitative estimate of drug-likeness (QED) is 0.572. The minimum atomic E-state index is 0.881. The molecule has 0 saturated heterocycles. The summed E-state index contributed by atoms with van der Waals surface area (Å²) in [7, 11) is 0. The highest BCUT2D eigenvalue weighted by Crippen LogP contribution is 2.07. The average Bonchev–Trinajstić information content (AvgIpc) is 2.58. The van der Waals surface area contributed by atoms with Crippen molar-refractivity contribution < 1.29 is 0 Å². The van der Waals surface area contributed by atoms with Crippen LogP contribution >= 0.6 is 0 Å². The molecule has 114 valence electrons. The van der Waals surface area contributed by atoms with E-state index >= 15 is 0 Å². The lowest BCUT2D eigenvalue weighted by molar-refractivity contribution is 1.09. The van der Waals surface area contributed by atoms with Crippen molar-refractivity contribution >= 4 is 22.8 Å². The van der Waals surface area contributed by atoms with Gasteiger partial charge in [-0.3, -0.25) is 10.9 Å². The van der Waals surface area contributed by atoms with E-state index in [2.05, 4.69) is 21.1 Å². The number of nitrogens with one attached hydrogen (secondary N) is 2. The fraction of sp³-hybridized carbons (Fsp3) is 0.222. The van der Waals surface area contributed by atoms with Gasteiger partial charge < -0.3 is 0 Å². The molecule has 0 spiro atoms. The van der Waals surface area contributed by atoms with Crippen molar-refractivity contribution in [2.24, 2.45) is 10.2 Å². The Bertz CT molecular complexity index is 561. The van der Waals surface area contributed by atoms with Gasteiger partial charge in [0.05, 0.1) is 11.4 Å². The molecular weight excluding hydrogens is 272 g/mol. The molecule has 22 heavy (non-hydrogen) atoms. The van der Waals surface area contributed by atoms with E-state index in [-0.39, 0.29) is 0 Å². The van der Waals surface area contributed by atoms with Crippen molar-refractivity contribution in [3.63, 3.8) is 0 Å². The lowest BCUT2D eigenvalue weighted by Gasteiger charge is -2.04. The molecule has 4 heteroatoms. The minimum Gasteiger partial charge on any atom is -0.279 e. The molecule has 0 amide bonds. The first kappa shape index (κ1) is 15.8. The Morgan fingerprint density at radius 1 is 0.682 bits per heavy atom. The summed E-state index contributed by atoms with van der Waals surface area (Å²) >= 11 is 0. The number of hydrogen-bond donors (Lipinski definition) is 2. The summed E-state index contributed by atoms with van der Waals surface area (Å²) in [6.45, 7) is 4.04. The number of rotatable bonds is 7. The zero-order valence-electron chi connectivity index (χ0n) is 13.1. The molecule has 2 aromatic rings. The van der Waals surface area contributed by atoms with Gasteiger partial charge in [0.2, 0.25) is 0 Å². The fourth-order valence-electron chi connectivity index (χ4n) is 1.82. The highest BCUT2D eigenvalue weighted by Gasteiger charge is 1.97. The SMILES string of the molecule is C/C(CC/C(C)=N/Nc1ccccc1)=N/Nc1ccccc1. The molecule has 0 fully saturated rings. The summed E-state index contributed by atoms with van der Waals surface area (Å²) in [5.74, 6) is 0. The van der Waals surface area contributed by atoms with Crippen LogP contribution in [0.2, 0.25) is 0 Å². The Morgan fingerprint density at radius 2 is 1.05 bits per heavy atom. The first-order valence-electron chi connectivity index (χ1n) is 7.42. The van der Waals surface area contributed by atoms with Crippen molar-refractivity contribution in [2.45, 2.75) is 26.7 Å². The number of benzene rings is 2. The number of hydrogen-bond acceptors (Lipinski definition) is 4. The normalized spacial score (nSPS) is 12.1. The lowest BCUT2D eigenvalue weighted by Crippen LogP contribution is -2.03. The molecule has 0 saturated carbocycles. The van der Waals surface area contributed by atoms with Gasteiger partial charge >= 0.3 is 0 Å². The first-order valence-corrected chi connectivity index (χ1v) is 7.42. The van der Waals surface area contributed by atoms with Crippen LogP contribution in [-0.2, 0) is 0 Å². The topological polar surface area (TPSA) is 48.8 Å². The van der Waals surface area contributed by atoms with Crippen molar-refractivity contribution in [2.75, 3.05) is 10.9 Å². The molecule has 0 aromatic heterocycles. The van der Waals surface area contributed by atoms with E-state index in [9.17, 15) is 0 Å². The Kier molecular flexibility index (Phi) is 6.18. The second-order valence-corrected chi connectivity index (χ2v) is 5.15. The molecule has 0 bridgehead atoms. The summed E-state index contributed by atoms with van der Waals surface area (Å²) in [6, 6.07) is 19.9. The van der Waals surface area contributed by atoms with Gasteiger partial charge in [0.15, 0.2) is 0 Å². The third kappa shape index (κ3) is 5.79. The molecule has 4 nitrogen and oxygen atoms in total. The zero-order chi connectivity index (χ0) is 15.6. The lowest BCUT2D eigenvalue weighted by atomic mass is 10.2. The number of anilines is 2. The van der Waals surface area contributed by atoms with E-state index in [1.165, 1.54) is 0 Å². The summed E-state index contributed by atoms with van der Waals surface area (Å²) in [5.41, 5.74) is 10.2. The van der Waals surface area contributed by atoms with Crippen LogP contribution in [0, 0.1) is 0 Å². The average molecular weight is 294 g/mol. The number of hydrazone groups is 2. The van der Waals surface area contributed by atoms with Crippen molar-refractivity contribution in [1.82, 2.24) is 0 Å². The maximum absolute atomic E-state index is 4.38. The summed E-state index contributed by atoms with van der Waals surface area (Å²) < 4.78 is 0. The van der Waals surface area contributed by atoms with Gasteiger partial charge in [-0.25, -0.2) is 0 Å². The van der Waals surface area contributed by atoms with E-state index in [1.54, 1.807) is 0 Å². The van der Waals surface area contributed by atoms with Gasteiger partial charge in [0.25, 0.3) is 0 Å². The van der Waals surface area contributed by atoms with E-state index < -0.39 is 0 Å². The largest absolute Gasteiger partial charge is 0.279 e. The maximum Gasteiger partial charge on any atom is 0.0561 e. The summed E-state index contributed by atoms with van der Waals surface area (Å²) in [4.78, 5) is 0. The highest BCUT2D eigenvalue weighted by molar-refractivity contribution is 5.89. The van der Waals surface area contributed by atoms with Gasteiger partial charge in [-0.1, -0.05) is 36.4 Å². The van der Waals surface area contributed by atoms with Crippen LogP contribution in [0.4, 0.5) is 11.4 Å². The van der Waals surface area contributed by atoms with Gasteiger partial charge in [0, 0.05) is 11.4 Å². The third-order valence-corrected chi connectivity index (χ3v) is 3.15. The molecule has 0 radical (unpaired) electrons. The second kappa shape index (κ2) is 8.62. The summed E-state index contributed by atoms with van der Waals surface area (Å²) in [6.07, 6.45) is 1.76. The third-order valence-electron chi connectivity index (χ3n) is 3.15. The van der Waals surface area contributed by atoms with Gasteiger partial charge in [-0.15, -0.1) is 0 Å². The molecule has 2 N–H and O–H groups in total. The van der Waals surface area contributed by atoms with Crippen LogP contribution in [0.1, 0.15) is 26.7 Å². The maximum atomic E-state index is 4.38. The van der Waals surface area contributed by atoms with Crippen LogP contribution < -0.4 is 10.9 Å². The predicted molar refractivity (Wildman–Crippen MR) is 95.6 cm³/mol. The molecule has 0 atom stereocenters. The van der Waals surface area contributed by atoms with Crippen molar-refractivity contribution in [3.05, 3.63) is 60.7 Å². The molecule has 0 unspecified atom stereocenters. The first-order chi connectivity index (χ1) is 10.7. The molecule has 0 aliphatic heterocycles. The molecule has 0 aliphatic carbocycles. The van der Waals surface area contributed by atoms with E-state index in [0.717, 1.165) is 35.6 Å². The molecule has 2 aromatic carbocycles. The Hall–Kier alpha value is -2.62. The number of para-hydroxylation sites is 2. The molecule has 0 aliphatic rings. The predicted octanol–water partition coefficient (Wildman–Crippen LogP) is 4.74. The number of nitrogens with zero attached hydrogens (tertiary/aromatic N) is 2. The van der Waals surface area contributed by atoms with Crippen molar-refractivity contribution in [3.8, 4) is 0 Å². The molecule has 2 rings (SSSR count). The van der Waals surface area contributed by atoms with Crippen LogP contribution in [0.3, 0.4) is 0 Å². The van der Waals surface area contributed by atoms with E-state index in [0.29, 0.717) is 0 Å². The monoisotopic (exact) mass is 294 g/mol. The van der Waals surface area contributed by atoms with Gasteiger partial charge in [-0.05, 0) is 51.0 Å². The Balaban J connectivity index is 1.76. The molecular formula is C18H22N4. The smallest absolute Gasteiger partial charge is 0.0561 e. The fourth-order valence-corrected chi connectivity index (χ4v) is 1.82. The summed E-state index contributed by atoms with van der Waals surface area (Å²) in [5, 5.41) is 8.75. The highest BCUT2D eigenvalue weighted by atomic mass is 15.3. The Labute approximate surface area is 132 Å². The van der Waals surface area contributed by atoms with Crippen LogP contribution in [-0.4, -0.2) is 11.4 Å². The van der Waals surface area contributed by atoms with Crippen LogP contribution in [0.5, 0.6) is 0 Å². The van der Waals surface area contributed by atoms with Crippen LogP contribution in [0.15, 0.2) is 70.9 Å². The second-order valence-electron chi connectivity index (χ2n) is 5.15. The minimum absolute atomic E-state index is 0.881. The van der Waals surface area contributed by atoms with E-state index in [1.807, 2.05) is 74.5 Å².